The minimum Gasteiger partial charge on any atom is -0.430 e. The molecule has 0 saturated carbocycles. The lowest BCUT2D eigenvalue weighted by Gasteiger charge is -2.07. The van der Waals surface area contributed by atoms with Crippen LogP contribution in [0, 0.1) is 0 Å². The van der Waals surface area contributed by atoms with Crippen molar-refractivity contribution in [1.29, 1.82) is 0 Å². The van der Waals surface area contributed by atoms with Gasteiger partial charge in [0.15, 0.2) is 0 Å². The lowest BCUT2D eigenvalue weighted by atomic mass is 10.2. The third-order valence-electron chi connectivity index (χ3n) is 2.70. The first-order valence-corrected chi connectivity index (χ1v) is 5.92. The molecule has 1 unspecified atom stereocenters. The molecule has 17 heavy (non-hydrogen) atoms. The zero-order valence-corrected chi connectivity index (χ0v) is 9.72. The second kappa shape index (κ2) is 6.25. The summed E-state index contributed by atoms with van der Waals surface area (Å²) in [6.45, 7) is 2.20. The second-order valence-corrected chi connectivity index (χ2v) is 4.11. The van der Waals surface area contributed by atoms with E-state index in [0.717, 1.165) is 25.9 Å². The van der Waals surface area contributed by atoms with Crippen molar-refractivity contribution in [2.75, 3.05) is 13.2 Å². The molecule has 1 aromatic rings. The highest BCUT2D eigenvalue weighted by Crippen LogP contribution is 2.11. The number of carbonyl (C=O) groups excluding carboxylic acids is 1. The summed E-state index contributed by atoms with van der Waals surface area (Å²) in [5.74, 6) is 0. The van der Waals surface area contributed by atoms with Crippen LogP contribution in [-0.4, -0.2) is 25.4 Å². The van der Waals surface area contributed by atoms with Gasteiger partial charge in [-0.3, -0.25) is 0 Å². The van der Waals surface area contributed by atoms with E-state index in [2.05, 4.69) is 17.4 Å². The molecule has 0 aliphatic carbocycles. The van der Waals surface area contributed by atoms with Gasteiger partial charge in [0, 0.05) is 6.54 Å². The monoisotopic (exact) mass is 235 g/mol. The number of carbonyl (C=O) groups is 1. The molecule has 1 aromatic carbocycles. The van der Waals surface area contributed by atoms with Crippen LogP contribution < -0.4 is 5.32 Å². The fraction of sp³-hybridized carbons (Fsp3) is 0.462. The van der Waals surface area contributed by atoms with Gasteiger partial charge >= 0.3 is 6.16 Å². The van der Waals surface area contributed by atoms with Crippen molar-refractivity contribution in [1.82, 2.24) is 5.32 Å². The molecule has 1 aliphatic heterocycles. The first-order valence-electron chi connectivity index (χ1n) is 5.92. The fourth-order valence-corrected chi connectivity index (χ4v) is 1.79. The normalized spacial score (nSPS) is 18.8. The SMILES string of the molecule is O=C1OCC(CCCNCc2ccccc2)O1. The summed E-state index contributed by atoms with van der Waals surface area (Å²) in [6.07, 6.45) is 1.25. The second-order valence-electron chi connectivity index (χ2n) is 4.11. The van der Waals surface area contributed by atoms with Crippen LogP contribution in [-0.2, 0) is 16.0 Å². The molecule has 2 rings (SSSR count). The highest BCUT2D eigenvalue weighted by atomic mass is 16.8. The summed E-state index contributed by atoms with van der Waals surface area (Å²) in [4.78, 5) is 10.7. The maximum Gasteiger partial charge on any atom is 0.508 e. The summed E-state index contributed by atoms with van der Waals surface area (Å²) in [5, 5.41) is 3.36. The average Bonchev–Trinajstić information content (AvgIpc) is 2.76. The molecule has 1 atom stereocenters. The Morgan fingerprint density at radius 2 is 2.12 bits per heavy atom. The van der Waals surface area contributed by atoms with Gasteiger partial charge in [-0.25, -0.2) is 4.79 Å². The van der Waals surface area contributed by atoms with E-state index in [9.17, 15) is 4.79 Å². The first kappa shape index (κ1) is 11.9. The van der Waals surface area contributed by atoms with Gasteiger partial charge in [0.1, 0.15) is 12.7 Å². The van der Waals surface area contributed by atoms with Gasteiger partial charge < -0.3 is 14.8 Å². The lowest BCUT2D eigenvalue weighted by Crippen LogP contribution is -2.18. The van der Waals surface area contributed by atoms with Gasteiger partial charge in [-0.2, -0.15) is 0 Å². The standard InChI is InChI=1S/C13H17NO3/c15-13-16-10-12(17-13)7-4-8-14-9-11-5-2-1-3-6-11/h1-3,5-6,12,14H,4,7-10H2. The van der Waals surface area contributed by atoms with Crippen LogP contribution in [0.25, 0.3) is 0 Å². The van der Waals surface area contributed by atoms with Gasteiger partial charge in [0.2, 0.25) is 0 Å². The van der Waals surface area contributed by atoms with Gasteiger partial charge in [-0.1, -0.05) is 30.3 Å². The van der Waals surface area contributed by atoms with E-state index in [1.807, 2.05) is 18.2 Å². The van der Waals surface area contributed by atoms with Gasteiger partial charge in [-0.15, -0.1) is 0 Å². The number of nitrogens with one attached hydrogen (secondary N) is 1. The summed E-state index contributed by atoms with van der Waals surface area (Å²) >= 11 is 0. The summed E-state index contributed by atoms with van der Waals surface area (Å²) < 4.78 is 9.65. The molecule has 1 fully saturated rings. The maximum absolute atomic E-state index is 10.7. The zero-order chi connectivity index (χ0) is 11.9. The number of hydrogen-bond acceptors (Lipinski definition) is 4. The van der Waals surface area contributed by atoms with Crippen LogP contribution in [0.2, 0.25) is 0 Å². The van der Waals surface area contributed by atoms with Crippen LogP contribution in [0.3, 0.4) is 0 Å². The van der Waals surface area contributed by atoms with Crippen LogP contribution in [0.5, 0.6) is 0 Å². The molecule has 92 valence electrons. The molecular weight excluding hydrogens is 218 g/mol. The van der Waals surface area contributed by atoms with E-state index < -0.39 is 6.16 Å². The molecule has 1 N–H and O–H groups in total. The molecule has 1 heterocycles. The highest BCUT2D eigenvalue weighted by molar-refractivity contribution is 5.61. The Morgan fingerprint density at radius 1 is 1.29 bits per heavy atom. The van der Waals surface area contributed by atoms with Crippen molar-refractivity contribution in [2.24, 2.45) is 0 Å². The van der Waals surface area contributed by atoms with Crippen molar-refractivity contribution in [2.45, 2.75) is 25.5 Å². The first-order chi connectivity index (χ1) is 8.34. The number of benzene rings is 1. The third kappa shape index (κ3) is 4.07. The molecule has 0 aromatic heterocycles. The Morgan fingerprint density at radius 3 is 2.82 bits per heavy atom. The number of ether oxygens (including phenoxy) is 2. The number of rotatable bonds is 6. The molecule has 0 bridgehead atoms. The van der Waals surface area contributed by atoms with E-state index in [0.29, 0.717) is 6.61 Å². The van der Waals surface area contributed by atoms with Crippen LogP contribution in [0.15, 0.2) is 30.3 Å². The van der Waals surface area contributed by atoms with Crippen molar-refractivity contribution in [3.63, 3.8) is 0 Å². The van der Waals surface area contributed by atoms with Crippen molar-refractivity contribution in [3.05, 3.63) is 35.9 Å². The summed E-state index contributed by atoms with van der Waals surface area (Å²) in [5.41, 5.74) is 1.28. The lowest BCUT2D eigenvalue weighted by molar-refractivity contribution is 0.115. The summed E-state index contributed by atoms with van der Waals surface area (Å²) in [6, 6.07) is 10.3. The van der Waals surface area contributed by atoms with Crippen LogP contribution in [0.1, 0.15) is 18.4 Å². The fourth-order valence-electron chi connectivity index (χ4n) is 1.79. The largest absolute Gasteiger partial charge is 0.508 e. The zero-order valence-electron chi connectivity index (χ0n) is 9.72. The maximum atomic E-state index is 10.7. The van der Waals surface area contributed by atoms with Crippen molar-refractivity contribution >= 4 is 6.16 Å². The average molecular weight is 235 g/mol. The van der Waals surface area contributed by atoms with Crippen molar-refractivity contribution < 1.29 is 14.3 Å². The molecular formula is C13H17NO3. The Bertz CT molecular complexity index is 353. The van der Waals surface area contributed by atoms with Gasteiger partial charge in [0.25, 0.3) is 0 Å². The Balaban J connectivity index is 1.53. The quantitative estimate of drug-likeness (QED) is 0.606. The minimum absolute atomic E-state index is 0.0546. The Hall–Kier alpha value is -1.55. The predicted molar refractivity (Wildman–Crippen MR) is 63.6 cm³/mol. The van der Waals surface area contributed by atoms with Crippen LogP contribution in [0.4, 0.5) is 4.79 Å². The van der Waals surface area contributed by atoms with Crippen LogP contribution >= 0.6 is 0 Å². The molecule has 0 spiro atoms. The molecule has 0 radical (unpaired) electrons. The molecule has 0 amide bonds. The van der Waals surface area contributed by atoms with E-state index in [1.165, 1.54) is 5.56 Å². The molecule has 4 heteroatoms. The van der Waals surface area contributed by atoms with E-state index in [4.69, 9.17) is 9.47 Å². The Labute approximate surface area is 101 Å². The van der Waals surface area contributed by atoms with Crippen molar-refractivity contribution in [3.8, 4) is 0 Å². The number of hydrogen-bond donors (Lipinski definition) is 1. The van der Waals surface area contributed by atoms with Gasteiger partial charge in [-0.05, 0) is 24.9 Å². The summed E-state index contributed by atoms with van der Waals surface area (Å²) in [7, 11) is 0. The Kier molecular flexibility index (Phi) is 4.38. The smallest absolute Gasteiger partial charge is 0.430 e. The molecule has 1 saturated heterocycles. The third-order valence-corrected chi connectivity index (χ3v) is 2.70. The minimum atomic E-state index is -0.535. The topological polar surface area (TPSA) is 47.6 Å². The number of cyclic esters (lactones) is 2. The predicted octanol–water partition coefficient (Wildman–Crippen LogP) is 2.09. The van der Waals surface area contributed by atoms with E-state index in [-0.39, 0.29) is 6.10 Å². The van der Waals surface area contributed by atoms with E-state index >= 15 is 0 Å². The molecule has 1 aliphatic rings. The molecule has 4 nitrogen and oxygen atoms in total. The van der Waals surface area contributed by atoms with Gasteiger partial charge in [0.05, 0.1) is 0 Å². The highest BCUT2D eigenvalue weighted by Gasteiger charge is 2.23. The van der Waals surface area contributed by atoms with E-state index in [1.54, 1.807) is 0 Å².